The average Bonchev–Trinajstić information content (AvgIpc) is 2.93. The van der Waals surface area contributed by atoms with Crippen LogP contribution in [0, 0.1) is 0 Å². The lowest BCUT2D eigenvalue weighted by molar-refractivity contribution is -0.154. The van der Waals surface area contributed by atoms with Gasteiger partial charge in [0.25, 0.3) is 0 Å². The topological polar surface area (TPSA) is 123 Å². The number of alkyl carbamates (subject to hydrolysis) is 1. The first-order valence-corrected chi connectivity index (χ1v) is 14.3. The monoisotopic (exact) mass is 565 g/mol. The van der Waals surface area contributed by atoms with Gasteiger partial charge in [-0.2, -0.15) is 0 Å². The van der Waals surface area contributed by atoms with E-state index in [1.54, 1.807) is 54.5 Å². The molecule has 0 spiro atoms. The van der Waals surface area contributed by atoms with Crippen molar-refractivity contribution in [2.24, 2.45) is 0 Å². The number of hydrogen-bond donors (Lipinski definition) is 2. The Bertz CT molecular complexity index is 1000. The van der Waals surface area contributed by atoms with Gasteiger partial charge in [0.1, 0.15) is 23.8 Å². The lowest BCUT2D eigenvalue weighted by atomic mass is 10.1. The van der Waals surface area contributed by atoms with Crippen LogP contribution in [0.5, 0.6) is 0 Å². The van der Waals surface area contributed by atoms with E-state index in [2.05, 4.69) is 10.6 Å². The second kappa shape index (κ2) is 14.6. The molecular formula is C28H43N3O7S. The summed E-state index contributed by atoms with van der Waals surface area (Å²) in [5, 5.41) is 5.91. The second-order valence-corrected chi connectivity index (χ2v) is 12.3. The third kappa shape index (κ3) is 11.5. The Hall–Kier alpha value is -2.79. The average molecular weight is 566 g/mol. The van der Waals surface area contributed by atoms with Gasteiger partial charge in [0.15, 0.2) is 0 Å². The molecule has 0 saturated heterocycles. The number of nitrogens with one attached hydrogen (secondary N) is 2. The molecule has 11 heteroatoms. The van der Waals surface area contributed by atoms with E-state index >= 15 is 0 Å². The zero-order chi connectivity index (χ0) is 29.2. The summed E-state index contributed by atoms with van der Waals surface area (Å²) in [6.07, 6.45) is 1.12. The summed E-state index contributed by atoms with van der Waals surface area (Å²) >= 11 is 1.48. The fourth-order valence-corrected chi connectivity index (χ4v) is 4.96. The minimum atomic E-state index is -0.737. The summed E-state index contributed by atoms with van der Waals surface area (Å²) in [7, 11) is 0. The molecule has 0 radical (unpaired) electrons. The Morgan fingerprint density at radius 2 is 1.72 bits per heavy atom. The van der Waals surface area contributed by atoms with Crippen LogP contribution in [0.2, 0.25) is 0 Å². The van der Waals surface area contributed by atoms with Crippen LogP contribution < -0.4 is 15.5 Å². The first-order valence-electron chi connectivity index (χ1n) is 13.3. The van der Waals surface area contributed by atoms with Crippen LogP contribution in [-0.4, -0.2) is 72.7 Å². The highest BCUT2D eigenvalue weighted by molar-refractivity contribution is 7.99. The Morgan fingerprint density at radius 3 is 2.36 bits per heavy atom. The Balaban J connectivity index is 2.10. The van der Waals surface area contributed by atoms with Crippen molar-refractivity contribution in [3.05, 3.63) is 24.3 Å². The summed E-state index contributed by atoms with van der Waals surface area (Å²) in [5.74, 6) is -0.915. The molecule has 1 aromatic rings. The van der Waals surface area contributed by atoms with Crippen molar-refractivity contribution in [3.63, 3.8) is 0 Å². The molecule has 39 heavy (non-hydrogen) atoms. The molecule has 0 bridgehead atoms. The van der Waals surface area contributed by atoms with E-state index < -0.39 is 41.3 Å². The number of hydrogen-bond acceptors (Lipinski definition) is 9. The molecule has 0 saturated carbocycles. The third-order valence-corrected chi connectivity index (χ3v) is 6.55. The number of amides is 2. The van der Waals surface area contributed by atoms with Gasteiger partial charge in [0.05, 0.1) is 18.3 Å². The largest absolute Gasteiger partial charge is 0.465 e. The van der Waals surface area contributed by atoms with E-state index in [-0.39, 0.29) is 19.1 Å². The molecule has 0 aliphatic carbocycles. The van der Waals surface area contributed by atoms with Crippen LogP contribution in [0.25, 0.3) is 0 Å². The molecule has 1 heterocycles. The van der Waals surface area contributed by atoms with E-state index in [0.29, 0.717) is 37.2 Å². The van der Waals surface area contributed by atoms with Crippen LogP contribution in [0.3, 0.4) is 0 Å². The molecule has 2 atom stereocenters. The van der Waals surface area contributed by atoms with Gasteiger partial charge in [-0.15, -0.1) is 11.8 Å². The van der Waals surface area contributed by atoms with Crippen molar-refractivity contribution in [1.82, 2.24) is 10.6 Å². The summed E-state index contributed by atoms with van der Waals surface area (Å²) in [5.41, 5.74) is -0.641. The van der Waals surface area contributed by atoms with Gasteiger partial charge >= 0.3 is 18.0 Å². The highest BCUT2D eigenvalue weighted by Gasteiger charge is 2.35. The molecular weight excluding hydrogens is 522 g/mol. The van der Waals surface area contributed by atoms with Crippen molar-refractivity contribution in [2.45, 2.75) is 95.9 Å². The number of benzene rings is 1. The predicted molar refractivity (Wildman–Crippen MR) is 151 cm³/mol. The molecule has 10 nitrogen and oxygen atoms in total. The Morgan fingerprint density at radius 1 is 1.05 bits per heavy atom. The number of rotatable bonds is 11. The molecule has 218 valence electrons. The molecule has 0 aromatic heterocycles. The number of unbranched alkanes of at least 4 members (excludes halogenated alkanes) is 1. The normalized spacial score (nSPS) is 16.5. The third-order valence-electron chi connectivity index (χ3n) is 5.39. The lowest BCUT2D eigenvalue weighted by Crippen LogP contribution is -2.54. The quantitative estimate of drug-likeness (QED) is 0.232. The number of carbonyl (C=O) groups is 4. The Labute approximate surface area is 235 Å². The number of para-hydroxylation sites is 1. The van der Waals surface area contributed by atoms with E-state index in [1.807, 2.05) is 18.2 Å². The second-order valence-electron chi connectivity index (χ2n) is 11.2. The predicted octanol–water partition coefficient (Wildman–Crippen LogP) is 4.05. The van der Waals surface area contributed by atoms with Gasteiger partial charge < -0.3 is 19.5 Å². The highest BCUT2D eigenvalue weighted by atomic mass is 32.2. The van der Waals surface area contributed by atoms with Crippen molar-refractivity contribution < 1.29 is 33.4 Å². The number of thioether (sulfide) groups is 1. The lowest BCUT2D eigenvalue weighted by Gasteiger charge is -2.28. The molecule has 2 amide bonds. The van der Waals surface area contributed by atoms with E-state index in [4.69, 9.17) is 14.2 Å². The Kier molecular flexibility index (Phi) is 12.1. The van der Waals surface area contributed by atoms with Gasteiger partial charge in [-0.25, -0.2) is 4.79 Å². The van der Waals surface area contributed by atoms with Gasteiger partial charge in [0, 0.05) is 17.2 Å². The number of esters is 2. The van der Waals surface area contributed by atoms with E-state index in [1.165, 1.54) is 16.7 Å². The first-order chi connectivity index (χ1) is 18.2. The zero-order valence-corrected chi connectivity index (χ0v) is 24.9. The van der Waals surface area contributed by atoms with Crippen molar-refractivity contribution in [3.8, 4) is 0 Å². The number of carbonyl (C=O) groups excluding carboxylic acids is 4. The van der Waals surface area contributed by atoms with Gasteiger partial charge in [-0.1, -0.05) is 12.1 Å². The fourth-order valence-electron chi connectivity index (χ4n) is 3.87. The van der Waals surface area contributed by atoms with Crippen LogP contribution >= 0.6 is 11.8 Å². The molecule has 0 unspecified atom stereocenters. The minimum absolute atomic E-state index is 0.209. The van der Waals surface area contributed by atoms with Crippen molar-refractivity contribution in [2.75, 3.05) is 30.3 Å². The first kappa shape index (κ1) is 32.4. The minimum Gasteiger partial charge on any atom is -0.465 e. The van der Waals surface area contributed by atoms with Crippen LogP contribution in [0.15, 0.2) is 29.2 Å². The fraction of sp³-hybridized carbons (Fsp3) is 0.643. The molecule has 1 aromatic carbocycles. The standard InChI is InChI=1S/C28H43N3O7S/c1-8-36-25(34)19(13-11-12-16-29-26(35)38-28(5,6)7)30-20-18-39-22-15-10-9-14-21(22)31(24(20)33)17-23(32)37-27(2,3)4/h9-10,14-15,19-20,30H,8,11-13,16-18H2,1-7H3,(H,29,35)/t19-,20-/m0/s1. The maximum Gasteiger partial charge on any atom is 0.407 e. The number of nitrogens with zero attached hydrogens (tertiary/aromatic N) is 1. The molecule has 0 fully saturated rings. The van der Waals surface area contributed by atoms with E-state index in [0.717, 1.165) is 4.90 Å². The van der Waals surface area contributed by atoms with Gasteiger partial charge in [-0.05, 0) is 79.9 Å². The molecule has 1 aliphatic rings. The molecule has 1 aliphatic heterocycles. The SMILES string of the molecule is CCOC(=O)[C@H](CCCCNC(=O)OC(C)(C)C)N[C@H]1CSc2ccccc2N(CC(=O)OC(C)(C)C)C1=O. The van der Waals surface area contributed by atoms with Crippen molar-refractivity contribution >= 4 is 41.4 Å². The number of fused-ring (bicyclic) bond motifs is 1. The summed E-state index contributed by atoms with van der Waals surface area (Å²) in [4.78, 5) is 53.3. The smallest absolute Gasteiger partial charge is 0.407 e. The maximum atomic E-state index is 13.7. The summed E-state index contributed by atoms with van der Waals surface area (Å²) in [6, 6.07) is 5.92. The van der Waals surface area contributed by atoms with Crippen LogP contribution in [0.4, 0.5) is 10.5 Å². The zero-order valence-electron chi connectivity index (χ0n) is 24.1. The van der Waals surface area contributed by atoms with Crippen molar-refractivity contribution in [1.29, 1.82) is 0 Å². The molecule has 2 rings (SSSR count). The van der Waals surface area contributed by atoms with Gasteiger partial charge in [0.2, 0.25) is 5.91 Å². The number of anilines is 1. The van der Waals surface area contributed by atoms with Gasteiger partial charge in [-0.3, -0.25) is 24.6 Å². The van der Waals surface area contributed by atoms with Crippen LogP contribution in [-0.2, 0) is 28.6 Å². The van der Waals surface area contributed by atoms with Crippen LogP contribution in [0.1, 0.15) is 67.7 Å². The maximum absolute atomic E-state index is 13.7. The molecule has 2 N–H and O–H groups in total. The highest BCUT2D eigenvalue weighted by Crippen LogP contribution is 2.34. The summed E-state index contributed by atoms with van der Waals surface area (Å²) in [6.45, 7) is 12.8. The van der Waals surface area contributed by atoms with E-state index in [9.17, 15) is 19.2 Å². The number of ether oxygens (including phenoxy) is 3. The summed E-state index contributed by atoms with van der Waals surface area (Å²) < 4.78 is 16.0.